The summed E-state index contributed by atoms with van der Waals surface area (Å²) in [6.45, 7) is 0. The van der Waals surface area contributed by atoms with E-state index in [0.29, 0.717) is 0 Å². The van der Waals surface area contributed by atoms with E-state index >= 15 is 0 Å². The predicted molar refractivity (Wildman–Crippen MR) is 32.0 cm³/mol. The number of hydrogen-bond donors (Lipinski definition) is 2. The topological polar surface area (TPSA) is 57.5 Å². The third-order valence-corrected chi connectivity index (χ3v) is 1.26. The van der Waals surface area contributed by atoms with Crippen molar-refractivity contribution in [1.82, 2.24) is 0 Å². The molecular weight excluding hydrogens is 128 g/mol. The second-order valence-electron chi connectivity index (χ2n) is 1.31. The summed E-state index contributed by atoms with van der Waals surface area (Å²) in [6.07, 6.45) is 0.539. The van der Waals surface area contributed by atoms with Crippen molar-refractivity contribution in [1.29, 1.82) is 0 Å². The highest BCUT2D eigenvalue weighted by Gasteiger charge is 2.10. The van der Waals surface area contributed by atoms with Crippen molar-refractivity contribution in [2.24, 2.45) is 0 Å². The van der Waals surface area contributed by atoms with Crippen LogP contribution in [0.1, 0.15) is 0 Å². The van der Waals surface area contributed by atoms with Crippen molar-refractivity contribution in [3.63, 3.8) is 0 Å². The maximum atomic E-state index is 9.83. The Hall–Kier alpha value is -0.220. The van der Waals surface area contributed by atoms with E-state index in [9.17, 15) is 4.79 Å². The number of hydrogen-bond acceptors (Lipinski definition) is 3. The molecule has 0 radical (unpaired) electrons. The Bertz CT molecular complexity index is 83.4. The molecule has 0 spiro atoms. The molecule has 8 heavy (non-hydrogen) atoms. The van der Waals surface area contributed by atoms with Gasteiger partial charge in [-0.1, -0.05) is 0 Å². The number of carboxylic acid groups (broad SMARTS) is 1. The number of carbonyl (C=O) groups is 1. The van der Waals surface area contributed by atoms with Gasteiger partial charge in [0.05, 0.1) is 0 Å². The Morgan fingerprint density at radius 1 is 1.88 bits per heavy atom. The fourth-order valence-electron chi connectivity index (χ4n) is 0.229. The van der Waals surface area contributed by atoms with Crippen LogP contribution < -0.4 is 0 Å². The Kier molecular flexibility index (Phi) is 3.64. The molecule has 1 atom stereocenters. The zero-order valence-corrected chi connectivity index (χ0v) is 5.31. The molecule has 0 fully saturated rings. The molecule has 0 amide bonds. The van der Waals surface area contributed by atoms with E-state index in [2.05, 4.69) is 0 Å². The van der Waals surface area contributed by atoms with Crippen LogP contribution in [-0.4, -0.2) is 34.3 Å². The number of rotatable bonds is 3. The van der Waals surface area contributed by atoms with E-state index in [-0.39, 0.29) is 5.75 Å². The Morgan fingerprint density at radius 3 is 2.50 bits per heavy atom. The van der Waals surface area contributed by atoms with E-state index in [1.165, 1.54) is 11.8 Å². The van der Waals surface area contributed by atoms with Crippen LogP contribution >= 0.6 is 11.8 Å². The maximum absolute atomic E-state index is 9.83. The molecule has 0 aromatic rings. The number of thioether (sulfide) groups is 1. The number of aliphatic carboxylic acids is 1. The minimum Gasteiger partial charge on any atom is -0.479 e. The van der Waals surface area contributed by atoms with Gasteiger partial charge in [-0.3, -0.25) is 0 Å². The molecule has 0 aliphatic rings. The lowest BCUT2D eigenvalue weighted by Crippen LogP contribution is -2.21. The highest BCUT2D eigenvalue weighted by Crippen LogP contribution is 1.95. The summed E-state index contributed by atoms with van der Waals surface area (Å²) in [7, 11) is 0. The van der Waals surface area contributed by atoms with Gasteiger partial charge in [0.1, 0.15) is 0 Å². The molecule has 2 N–H and O–H groups in total. The summed E-state index contributed by atoms with van der Waals surface area (Å²) in [5.41, 5.74) is 0. The first kappa shape index (κ1) is 7.78. The standard InChI is InChI=1S/C4H8O3S/c1-8-2-3(5)4(6)7/h3,5H,2H2,1H3,(H,6,7)/t3-/m1/s1. The van der Waals surface area contributed by atoms with Gasteiger partial charge in [-0.05, 0) is 6.26 Å². The molecule has 0 saturated carbocycles. The minimum absolute atomic E-state index is 0.259. The van der Waals surface area contributed by atoms with Crippen molar-refractivity contribution in [2.45, 2.75) is 6.10 Å². The molecule has 0 aliphatic heterocycles. The molecule has 0 rings (SSSR count). The van der Waals surface area contributed by atoms with Gasteiger partial charge in [0, 0.05) is 5.75 Å². The lowest BCUT2D eigenvalue weighted by atomic mass is 10.4. The average molecular weight is 136 g/mol. The van der Waals surface area contributed by atoms with Gasteiger partial charge in [0.2, 0.25) is 0 Å². The van der Waals surface area contributed by atoms with Crippen LogP contribution in [0.3, 0.4) is 0 Å². The molecule has 0 aliphatic carbocycles. The molecule has 0 heterocycles. The van der Waals surface area contributed by atoms with Gasteiger partial charge in [-0.15, -0.1) is 0 Å². The number of carboxylic acids is 1. The zero-order chi connectivity index (χ0) is 6.57. The molecule has 0 bridgehead atoms. The third kappa shape index (κ3) is 2.87. The normalized spacial score (nSPS) is 13.2. The van der Waals surface area contributed by atoms with E-state index in [1.54, 1.807) is 6.26 Å². The smallest absolute Gasteiger partial charge is 0.333 e. The zero-order valence-electron chi connectivity index (χ0n) is 4.50. The molecular formula is C4H8O3S. The fraction of sp³-hybridized carbons (Fsp3) is 0.750. The highest BCUT2D eigenvalue weighted by atomic mass is 32.2. The van der Waals surface area contributed by atoms with Crippen LogP contribution in [0.25, 0.3) is 0 Å². The van der Waals surface area contributed by atoms with E-state index < -0.39 is 12.1 Å². The molecule has 0 unspecified atom stereocenters. The quantitative estimate of drug-likeness (QED) is 0.564. The van der Waals surface area contributed by atoms with E-state index in [0.717, 1.165) is 0 Å². The monoisotopic (exact) mass is 136 g/mol. The molecule has 48 valence electrons. The van der Waals surface area contributed by atoms with Crippen molar-refractivity contribution in [3.05, 3.63) is 0 Å². The lowest BCUT2D eigenvalue weighted by molar-refractivity contribution is -0.145. The number of aliphatic hydroxyl groups excluding tert-OH is 1. The summed E-state index contributed by atoms with van der Waals surface area (Å²) in [5, 5.41) is 16.6. The molecule has 0 aromatic heterocycles. The first-order valence-electron chi connectivity index (χ1n) is 2.08. The maximum Gasteiger partial charge on any atom is 0.333 e. The van der Waals surface area contributed by atoms with Crippen molar-refractivity contribution in [3.8, 4) is 0 Å². The fourth-order valence-corrected chi connectivity index (χ4v) is 0.687. The van der Waals surface area contributed by atoms with E-state index in [1.807, 2.05) is 0 Å². The van der Waals surface area contributed by atoms with Gasteiger partial charge >= 0.3 is 5.97 Å². The van der Waals surface area contributed by atoms with E-state index in [4.69, 9.17) is 10.2 Å². The molecule has 0 saturated heterocycles. The number of aliphatic hydroxyl groups is 1. The minimum atomic E-state index is -1.20. The molecule has 0 aromatic carbocycles. The summed E-state index contributed by atoms with van der Waals surface area (Å²) in [6, 6.07) is 0. The van der Waals surface area contributed by atoms with Gasteiger partial charge < -0.3 is 10.2 Å². The van der Waals surface area contributed by atoms with Gasteiger partial charge in [0.25, 0.3) is 0 Å². The van der Waals surface area contributed by atoms with Crippen LogP contribution in [0.15, 0.2) is 0 Å². The van der Waals surface area contributed by atoms with Crippen molar-refractivity contribution >= 4 is 17.7 Å². The van der Waals surface area contributed by atoms with Gasteiger partial charge in [-0.2, -0.15) is 11.8 Å². The second-order valence-corrected chi connectivity index (χ2v) is 2.22. The Labute approximate surface area is 51.7 Å². The Morgan fingerprint density at radius 2 is 2.38 bits per heavy atom. The van der Waals surface area contributed by atoms with Gasteiger partial charge in [-0.25, -0.2) is 4.79 Å². The lowest BCUT2D eigenvalue weighted by Gasteiger charge is -1.99. The SMILES string of the molecule is CSC[C@@H](O)C(=O)O. The van der Waals surface area contributed by atoms with Crippen LogP contribution in [0, 0.1) is 0 Å². The van der Waals surface area contributed by atoms with Crippen LogP contribution in [0.4, 0.5) is 0 Å². The summed E-state index contributed by atoms with van der Waals surface area (Å²) in [4.78, 5) is 9.83. The van der Waals surface area contributed by atoms with Gasteiger partial charge in [0.15, 0.2) is 6.10 Å². The molecule has 4 heteroatoms. The van der Waals surface area contributed by atoms with Crippen molar-refractivity contribution in [2.75, 3.05) is 12.0 Å². The summed E-state index contributed by atoms with van der Waals surface area (Å²) < 4.78 is 0. The summed E-state index contributed by atoms with van der Waals surface area (Å²) >= 11 is 1.31. The van der Waals surface area contributed by atoms with Crippen LogP contribution in [-0.2, 0) is 4.79 Å². The summed E-state index contributed by atoms with van der Waals surface area (Å²) in [5.74, 6) is -0.894. The first-order chi connectivity index (χ1) is 3.68. The van der Waals surface area contributed by atoms with Crippen LogP contribution in [0.2, 0.25) is 0 Å². The largest absolute Gasteiger partial charge is 0.479 e. The van der Waals surface area contributed by atoms with Crippen molar-refractivity contribution < 1.29 is 15.0 Å². The Balaban J connectivity index is 3.32. The molecule has 3 nitrogen and oxygen atoms in total. The average Bonchev–Trinajstić information content (AvgIpc) is 1.67. The first-order valence-corrected chi connectivity index (χ1v) is 3.47. The third-order valence-electron chi connectivity index (χ3n) is 0.610. The van der Waals surface area contributed by atoms with Crippen LogP contribution in [0.5, 0.6) is 0 Å². The highest BCUT2D eigenvalue weighted by molar-refractivity contribution is 7.98. The predicted octanol–water partition coefficient (Wildman–Crippen LogP) is -0.205. The second kappa shape index (κ2) is 3.74.